The van der Waals surface area contributed by atoms with Crippen LogP contribution in [0.3, 0.4) is 0 Å². The third-order valence-corrected chi connectivity index (χ3v) is 3.97. The predicted octanol–water partition coefficient (Wildman–Crippen LogP) is 3.61. The normalized spacial score (nSPS) is 11.2. The summed E-state index contributed by atoms with van der Waals surface area (Å²) >= 11 is 0. The number of nitrogens with two attached hydrogens (primary N) is 1. The van der Waals surface area contributed by atoms with Crippen LogP contribution in [0, 0.1) is 0 Å². The molecule has 1 aromatic heterocycles. The van der Waals surface area contributed by atoms with Gasteiger partial charge in [0.05, 0.1) is 19.4 Å². The van der Waals surface area contributed by atoms with Crippen molar-refractivity contribution in [3.63, 3.8) is 0 Å². The highest BCUT2D eigenvalue weighted by Gasteiger charge is 2.08. The van der Waals surface area contributed by atoms with Crippen LogP contribution in [0.25, 0.3) is 0 Å². The lowest BCUT2D eigenvalue weighted by Crippen LogP contribution is -2.23. The van der Waals surface area contributed by atoms with Gasteiger partial charge >= 0.3 is 0 Å². The van der Waals surface area contributed by atoms with Gasteiger partial charge in [0.1, 0.15) is 0 Å². The van der Waals surface area contributed by atoms with Gasteiger partial charge in [0.25, 0.3) is 5.91 Å². The zero-order valence-corrected chi connectivity index (χ0v) is 15.5. The first kappa shape index (κ1) is 19.2. The Morgan fingerprint density at radius 1 is 1.07 bits per heavy atom. The first-order chi connectivity index (χ1) is 13.7. The number of aliphatic imine (C=N–C) groups is 1. The Hall–Kier alpha value is -3.58. The number of nitrogens with zero attached hydrogens (tertiary/aromatic N) is 1. The van der Waals surface area contributed by atoms with Crippen LogP contribution in [-0.2, 0) is 17.9 Å². The van der Waals surface area contributed by atoms with Gasteiger partial charge in [-0.25, -0.2) is 4.99 Å². The topological polar surface area (TPSA) is 102 Å². The number of anilines is 2. The fourth-order valence-electron chi connectivity index (χ4n) is 2.57. The smallest absolute Gasteiger partial charge is 0.291 e. The van der Waals surface area contributed by atoms with Gasteiger partial charge in [-0.3, -0.25) is 4.79 Å². The molecular weight excluding hydrogens is 356 g/mol. The highest BCUT2D eigenvalue weighted by atomic mass is 16.5. The van der Waals surface area contributed by atoms with E-state index in [9.17, 15) is 4.79 Å². The summed E-state index contributed by atoms with van der Waals surface area (Å²) in [7, 11) is 1.65. The molecule has 7 heteroatoms. The number of para-hydroxylation sites is 1. The Kier molecular flexibility index (Phi) is 6.43. The van der Waals surface area contributed by atoms with Crippen LogP contribution < -0.4 is 16.4 Å². The van der Waals surface area contributed by atoms with E-state index in [1.807, 2.05) is 48.5 Å². The van der Waals surface area contributed by atoms with E-state index in [0.717, 1.165) is 16.8 Å². The summed E-state index contributed by atoms with van der Waals surface area (Å²) < 4.78 is 10.3. The van der Waals surface area contributed by atoms with E-state index in [-0.39, 0.29) is 11.7 Å². The van der Waals surface area contributed by atoms with Crippen molar-refractivity contribution in [3.8, 4) is 0 Å². The van der Waals surface area contributed by atoms with E-state index < -0.39 is 0 Å². The molecule has 0 unspecified atom stereocenters. The summed E-state index contributed by atoms with van der Waals surface area (Å²) in [6.07, 6.45) is 1.46. The molecule has 7 nitrogen and oxygen atoms in total. The highest BCUT2D eigenvalue weighted by Crippen LogP contribution is 2.16. The first-order valence-corrected chi connectivity index (χ1v) is 8.73. The molecule has 4 N–H and O–H groups in total. The van der Waals surface area contributed by atoms with Crippen LogP contribution in [0.4, 0.5) is 11.4 Å². The number of methoxy groups -OCH3 is 1. The van der Waals surface area contributed by atoms with Crippen molar-refractivity contribution < 1.29 is 13.9 Å². The molecule has 3 rings (SSSR count). The molecule has 0 atom stereocenters. The van der Waals surface area contributed by atoms with Crippen LogP contribution in [0.2, 0.25) is 0 Å². The van der Waals surface area contributed by atoms with E-state index in [4.69, 9.17) is 14.9 Å². The molecule has 0 aliphatic carbocycles. The number of hydrogen-bond acceptors (Lipinski definition) is 4. The molecule has 0 radical (unpaired) electrons. The number of guanidine groups is 1. The second-order valence-corrected chi connectivity index (χ2v) is 6.04. The van der Waals surface area contributed by atoms with Crippen molar-refractivity contribution >= 4 is 23.2 Å². The number of carbonyl (C=O) groups excluding carboxylic acids is 1. The van der Waals surface area contributed by atoms with Gasteiger partial charge in [0.15, 0.2) is 11.7 Å². The maximum atomic E-state index is 12.0. The van der Waals surface area contributed by atoms with Crippen LogP contribution in [-0.4, -0.2) is 19.0 Å². The molecule has 0 bridgehead atoms. The van der Waals surface area contributed by atoms with Crippen LogP contribution >= 0.6 is 0 Å². The Morgan fingerprint density at radius 2 is 1.86 bits per heavy atom. The van der Waals surface area contributed by atoms with Gasteiger partial charge in [-0.1, -0.05) is 30.3 Å². The quantitative estimate of drug-likeness (QED) is 0.431. The lowest BCUT2D eigenvalue weighted by Gasteiger charge is -2.11. The van der Waals surface area contributed by atoms with Crippen molar-refractivity contribution in [2.75, 3.05) is 17.7 Å². The average Bonchev–Trinajstić information content (AvgIpc) is 3.24. The van der Waals surface area contributed by atoms with Crippen molar-refractivity contribution in [1.82, 2.24) is 0 Å². The molecule has 0 aliphatic rings. The average molecular weight is 378 g/mol. The molecule has 2 aromatic carbocycles. The number of hydrogen-bond donors (Lipinski definition) is 3. The van der Waals surface area contributed by atoms with Crippen LogP contribution in [0.5, 0.6) is 0 Å². The van der Waals surface area contributed by atoms with E-state index in [1.54, 1.807) is 19.2 Å². The number of furan rings is 1. The molecule has 0 fully saturated rings. The van der Waals surface area contributed by atoms with Crippen LogP contribution in [0.1, 0.15) is 21.7 Å². The van der Waals surface area contributed by atoms with Gasteiger partial charge in [-0.15, -0.1) is 0 Å². The summed E-state index contributed by atoms with van der Waals surface area (Å²) in [5.41, 5.74) is 9.50. The molecule has 1 amide bonds. The summed E-state index contributed by atoms with van der Waals surface area (Å²) in [6.45, 7) is 0.902. The van der Waals surface area contributed by atoms with Crippen molar-refractivity contribution in [2.24, 2.45) is 10.7 Å². The van der Waals surface area contributed by atoms with E-state index in [0.29, 0.717) is 24.8 Å². The maximum absolute atomic E-state index is 12.0. The Balaban J connectivity index is 1.57. The SMILES string of the molecule is COCc1ccccc1NC(N)=NCc1ccc(NC(=O)c2ccco2)cc1. The van der Waals surface area contributed by atoms with Crippen molar-refractivity contribution in [1.29, 1.82) is 0 Å². The largest absolute Gasteiger partial charge is 0.459 e. The van der Waals surface area contributed by atoms with Gasteiger partial charge in [0.2, 0.25) is 0 Å². The monoisotopic (exact) mass is 378 g/mol. The van der Waals surface area contributed by atoms with E-state index in [2.05, 4.69) is 15.6 Å². The maximum Gasteiger partial charge on any atom is 0.291 e. The fourth-order valence-corrected chi connectivity index (χ4v) is 2.57. The second kappa shape index (κ2) is 9.38. The molecule has 0 aliphatic heterocycles. The standard InChI is InChI=1S/C21H22N4O3/c1-27-14-16-5-2-3-6-18(16)25-21(22)23-13-15-8-10-17(11-9-15)24-20(26)19-7-4-12-28-19/h2-12H,13-14H2,1H3,(H,24,26)(H3,22,23,25). The molecule has 144 valence electrons. The summed E-state index contributed by atoms with van der Waals surface area (Å²) in [5, 5.41) is 5.87. The molecule has 3 aromatic rings. The van der Waals surface area contributed by atoms with Gasteiger partial charge < -0.3 is 25.5 Å². The molecule has 28 heavy (non-hydrogen) atoms. The number of carbonyl (C=O) groups is 1. The minimum absolute atomic E-state index is 0.265. The highest BCUT2D eigenvalue weighted by molar-refractivity contribution is 6.02. The molecular formula is C21H22N4O3. The molecule has 1 heterocycles. The van der Waals surface area contributed by atoms with Gasteiger partial charge in [-0.2, -0.15) is 0 Å². The zero-order chi connectivity index (χ0) is 19.8. The number of benzene rings is 2. The third-order valence-electron chi connectivity index (χ3n) is 3.97. The van der Waals surface area contributed by atoms with Crippen molar-refractivity contribution in [2.45, 2.75) is 13.2 Å². The molecule has 0 saturated carbocycles. The minimum Gasteiger partial charge on any atom is -0.459 e. The lowest BCUT2D eigenvalue weighted by molar-refractivity contribution is 0.0996. The fraction of sp³-hybridized carbons (Fsp3) is 0.143. The van der Waals surface area contributed by atoms with Gasteiger partial charge in [-0.05, 0) is 35.9 Å². The Morgan fingerprint density at radius 3 is 2.57 bits per heavy atom. The zero-order valence-electron chi connectivity index (χ0n) is 15.5. The molecule has 0 spiro atoms. The van der Waals surface area contributed by atoms with E-state index in [1.165, 1.54) is 6.26 Å². The Labute approximate surface area is 163 Å². The Bertz CT molecular complexity index is 935. The number of amides is 1. The van der Waals surface area contributed by atoms with Crippen molar-refractivity contribution in [3.05, 3.63) is 83.8 Å². The summed E-state index contributed by atoms with van der Waals surface area (Å²) in [4.78, 5) is 16.3. The summed E-state index contributed by atoms with van der Waals surface area (Å²) in [6, 6.07) is 18.4. The predicted molar refractivity (Wildman–Crippen MR) is 109 cm³/mol. The number of ether oxygens (including phenoxy) is 1. The molecule has 0 saturated heterocycles. The third kappa shape index (κ3) is 5.21. The first-order valence-electron chi connectivity index (χ1n) is 8.73. The number of rotatable bonds is 7. The van der Waals surface area contributed by atoms with E-state index >= 15 is 0 Å². The second-order valence-electron chi connectivity index (χ2n) is 6.04. The minimum atomic E-state index is -0.293. The van der Waals surface area contributed by atoms with Gasteiger partial charge in [0, 0.05) is 24.0 Å². The summed E-state index contributed by atoms with van der Waals surface area (Å²) in [5.74, 6) is 0.291. The lowest BCUT2D eigenvalue weighted by atomic mass is 10.2. The van der Waals surface area contributed by atoms with Crippen LogP contribution in [0.15, 0.2) is 76.3 Å². The number of nitrogens with one attached hydrogen (secondary N) is 2.